The number of benzene rings is 2. The summed E-state index contributed by atoms with van der Waals surface area (Å²) in [7, 11) is 0. The largest absolute Gasteiger partial charge is 0.445 e. The Bertz CT molecular complexity index is 1630. The number of amides is 4. The van der Waals surface area contributed by atoms with Crippen LogP contribution in [0, 0.1) is 23.5 Å². The molecule has 13 heteroatoms. The number of rotatable bonds is 12. The molecule has 46 heavy (non-hydrogen) atoms. The number of primary amides is 1. The average Bonchev–Trinajstić information content (AvgIpc) is 3.38. The second-order valence-electron chi connectivity index (χ2n) is 12.1. The van der Waals surface area contributed by atoms with E-state index >= 15 is 0 Å². The van der Waals surface area contributed by atoms with Gasteiger partial charge in [0.05, 0.1) is 10.5 Å². The zero-order chi connectivity index (χ0) is 33.8. The first kappa shape index (κ1) is 34.7. The van der Waals surface area contributed by atoms with Crippen LogP contribution in [0.4, 0.5) is 13.6 Å². The fourth-order valence-corrected chi connectivity index (χ4v) is 6.03. The van der Waals surface area contributed by atoms with Gasteiger partial charge in [0.15, 0.2) is 0 Å². The number of ether oxygens (including phenoxy) is 1. The SMILES string of the molecule is CCC(C)C(NC(=O)OCc1ccccc1F)C(=O)N[C@]1(C(=O)N[C@H](C(N)=O)[C@@H](C)CC)CCc2[nH]c3c(Cl)cc(F)cc3c2C1. The zero-order valence-electron chi connectivity index (χ0n) is 26.3. The zero-order valence-corrected chi connectivity index (χ0v) is 27.0. The van der Waals surface area contributed by atoms with Crippen LogP contribution in [0.25, 0.3) is 10.9 Å². The number of alkyl carbamates (subject to hydrolysis) is 1. The van der Waals surface area contributed by atoms with Gasteiger partial charge in [0.1, 0.15) is 35.9 Å². The maximum atomic E-state index is 14.5. The average molecular weight is 660 g/mol. The van der Waals surface area contributed by atoms with Crippen molar-refractivity contribution in [3.8, 4) is 0 Å². The summed E-state index contributed by atoms with van der Waals surface area (Å²) in [4.78, 5) is 56.6. The summed E-state index contributed by atoms with van der Waals surface area (Å²) >= 11 is 6.32. The predicted molar refractivity (Wildman–Crippen MR) is 170 cm³/mol. The first-order valence-electron chi connectivity index (χ1n) is 15.4. The topological polar surface area (TPSA) is 155 Å². The predicted octanol–water partition coefficient (Wildman–Crippen LogP) is 4.80. The van der Waals surface area contributed by atoms with E-state index in [1.54, 1.807) is 19.9 Å². The Morgan fingerprint density at radius 2 is 1.72 bits per heavy atom. The molecule has 2 unspecified atom stereocenters. The molecule has 1 aliphatic carbocycles. The van der Waals surface area contributed by atoms with Gasteiger partial charge < -0.3 is 31.4 Å². The molecule has 5 atom stereocenters. The van der Waals surface area contributed by atoms with Gasteiger partial charge in [-0.25, -0.2) is 13.6 Å². The maximum absolute atomic E-state index is 14.5. The number of fused-ring (bicyclic) bond motifs is 3. The third-order valence-corrected chi connectivity index (χ3v) is 9.29. The van der Waals surface area contributed by atoms with Crippen LogP contribution in [0.3, 0.4) is 0 Å². The van der Waals surface area contributed by atoms with Crippen LogP contribution in [0.15, 0.2) is 36.4 Å². The molecule has 0 saturated heterocycles. The minimum Gasteiger partial charge on any atom is -0.445 e. The summed E-state index contributed by atoms with van der Waals surface area (Å²) in [6.45, 7) is 6.87. The van der Waals surface area contributed by atoms with Gasteiger partial charge >= 0.3 is 6.09 Å². The van der Waals surface area contributed by atoms with Crippen molar-refractivity contribution in [3.05, 3.63) is 69.9 Å². The van der Waals surface area contributed by atoms with E-state index in [4.69, 9.17) is 22.1 Å². The lowest BCUT2D eigenvalue weighted by atomic mass is 9.78. The molecule has 10 nitrogen and oxygen atoms in total. The van der Waals surface area contributed by atoms with Gasteiger partial charge in [0, 0.05) is 23.1 Å². The number of halogens is 3. The van der Waals surface area contributed by atoms with Gasteiger partial charge in [-0.15, -0.1) is 0 Å². The van der Waals surface area contributed by atoms with E-state index in [0.29, 0.717) is 29.3 Å². The van der Waals surface area contributed by atoms with Crippen LogP contribution < -0.4 is 21.7 Å². The van der Waals surface area contributed by atoms with Gasteiger partial charge in [0.2, 0.25) is 17.7 Å². The first-order valence-corrected chi connectivity index (χ1v) is 15.7. The van der Waals surface area contributed by atoms with Crippen LogP contribution in [0.2, 0.25) is 5.02 Å². The number of nitrogens with two attached hydrogens (primary N) is 1. The monoisotopic (exact) mass is 659 g/mol. The summed E-state index contributed by atoms with van der Waals surface area (Å²) < 4.78 is 33.7. The molecule has 3 aromatic rings. The Balaban J connectivity index is 1.66. The van der Waals surface area contributed by atoms with Gasteiger partial charge in [-0.05, 0) is 48.4 Å². The third kappa shape index (κ3) is 7.43. The number of nitrogens with one attached hydrogen (secondary N) is 4. The van der Waals surface area contributed by atoms with Crippen molar-refractivity contribution < 1.29 is 32.7 Å². The van der Waals surface area contributed by atoms with Gasteiger partial charge in [-0.1, -0.05) is 70.3 Å². The van der Waals surface area contributed by atoms with Crippen LogP contribution in [0.1, 0.15) is 63.8 Å². The standard InChI is InChI=1S/C33H40ClF2N5O5/c1-5-17(3)26(29(37)42)39-31(44)33(12-11-25-22(15-33)21-13-20(35)14-23(34)28(21)38-25)41-30(43)27(18(4)6-2)40-32(45)46-16-19-9-7-8-10-24(19)36/h7-10,13-14,17-18,26-27,38H,5-6,11-12,15-16H2,1-4H3,(H2,37,42)(H,39,44)(H,40,45)(H,41,43)/t17-,18?,26-,27?,33+/m0/s1. The number of aryl methyl sites for hydroxylation is 1. The van der Waals surface area contributed by atoms with Gasteiger partial charge in [-0.2, -0.15) is 0 Å². The van der Waals surface area contributed by atoms with Gasteiger partial charge in [-0.3, -0.25) is 14.4 Å². The molecule has 1 heterocycles. The molecular weight excluding hydrogens is 620 g/mol. The number of carbonyl (C=O) groups is 4. The maximum Gasteiger partial charge on any atom is 0.408 e. The Morgan fingerprint density at radius 3 is 2.37 bits per heavy atom. The van der Waals surface area contributed by atoms with Crippen molar-refractivity contribution in [2.24, 2.45) is 17.6 Å². The van der Waals surface area contributed by atoms with Gasteiger partial charge in [0.25, 0.3) is 0 Å². The Hall–Kier alpha value is -4.19. The Labute approximate surface area is 271 Å². The second-order valence-corrected chi connectivity index (χ2v) is 12.5. The molecule has 248 valence electrons. The van der Waals surface area contributed by atoms with Crippen molar-refractivity contribution in [3.63, 3.8) is 0 Å². The van der Waals surface area contributed by atoms with Crippen molar-refractivity contribution in [1.82, 2.24) is 20.9 Å². The molecule has 0 fully saturated rings. The highest BCUT2D eigenvalue weighted by molar-refractivity contribution is 6.35. The van der Waals surface area contributed by atoms with Crippen LogP contribution >= 0.6 is 11.6 Å². The van der Waals surface area contributed by atoms with Crippen molar-refractivity contribution >= 4 is 46.3 Å². The quantitative estimate of drug-likeness (QED) is 0.189. The second kappa shape index (κ2) is 14.5. The lowest BCUT2D eigenvalue weighted by Crippen LogP contribution is -2.67. The normalized spacial score (nSPS) is 18.5. The molecular formula is C33H40ClF2N5O5. The van der Waals surface area contributed by atoms with E-state index in [-0.39, 0.29) is 42.4 Å². The minimum absolute atomic E-state index is 0.0589. The van der Waals surface area contributed by atoms with E-state index in [1.165, 1.54) is 30.3 Å². The molecule has 0 bridgehead atoms. The van der Waals surface area contributed by atoms with Crippen LogP contribution in [-0.4, -0.2) is 46.4 Å². The molecule has 6 N–H and O–H groups in total. The summed E-state index contributed by atoms with van der Waals surface area (Å²) in [6.07, 6.45) is 0.421. The molecule has 0 radical (unpaired) electrons. The molecule has 0 saturated carbocycles. The lowest BCUT2D eigenvalue weighted by molar-refractivity contribution is -0.137. The van der Waals surface area contributed by atoms with Crippen molar-refractivity contribution in [2.75, 3.05) is 0 Å². The molecule has 1 aromatic heterocycles. The molecule has 2 aromatic carbocycles. The van der Waals surface area contributed by atoms with E-state index in [1.807, 2.05) is 13.8 Å². The molecule has 0 spiro atoms. The Kier molecular flexibility index (Phi) is 10.9. The molecule has 1 aliphatic rings. The van der Waals surface area contributed by atoms with E-state index in [0.717, 1.165) is 5.69 Å². The Morgan fingerprint density at radius 1 is 1.04 bits per heavy atom. The highest BCUT2D eigenvalue weighted by atomic mass is 35.5. The van der Waals surface area contributed by atoms with E-state index < -0.39 is 59.0 Å². The van der Waals surface area contributed by atoms with Crippen LogP contribution in [-0.2, 0) is 38.6 Å². The fourth-order valence-electron chi connectivity index (χ4n) is 5.78. The highest BCUT2D eigenvalue weighted by Crippen LogP contribution is 2.37. The smallest absolute Gasteiger partial charge is 0.408 e. The van der Waals surface area contributed by atoms with E-state index in [2.05, 4.69) is 20.9 Å². The number of carbonyl (C=O) groups excluding carboxylic acids is 4. The number of aromatic amines is 1. The van der Waals surface area contributed by atoms with Crippen molar-refractivity contribution in [2.45, 2.75) is 84.0 Å². The molecule has 0 aliphatic heterocycles. The number of H-pyrrole nitrogens is 1. The summed E-state index contributed by atoms with van der Waals surface area (Å²) in [5, 5.41) is 8.85. The lowest BCUT2D eigenvalue weighted by Gasteiger charge is -2.39. The van der Waals surface area contributed by atoms with Crippen molar-refractivity contribution in [1.29, 1.82) is 0 Å². The van der Waals surface area contributed by atoms with Crippen LogP contribution in [0.5, 0.6) is 0 Å². The summed E-state index contributed by atoms with van der Waals surface area (Å²) in [5.74, 6) is -3.84. The molecule has 4 amide bonds. The number of hydrogen-bond acceptors (Lipinski definition) is 5. The minimum atomic E-state index is -1.61. The fraction of sp³-hybridized carbons (Fsp3) is 0.455. The summed E-state index contributed by atoms with van der Waals surface area (Å²) in [5.41, 5.74) is 6.04. The van der Waals surface area contributed by atoms with E-state index in [9.17, 15) is 28.0 Å². The number of aromatic nitrogens is 1. The summed E-state index contributed by atoms with van der Waals surface area (Å²) in [6, 6.07) is 6.18. The number of hydrogen-bond donors (Lipinski definition) is 5. The third-order valence-electron chi connectivity index (χ3n) is 8.99. The first-order chi connectivity index (χ1) is 21.8. The molecule has 4 rings (SSSR count). The highest BCUT2D eigenvalue weighted by Gasteiger charge is 2.46.